The lowest BCUT2D eigenvalue weighted by atomic mass is 9.70. The van der Waals surface area contributed by atoms with Crippen LogP contribution < -0.4 is 0 Å². The minimum absolute atomic E-state index is 0.0226. The van der Waals surface area contributed by atoms with E-state index in [9.17, 15) is 19.5 Å². The number of alkyl halides is 1. The first-order valence-corrected chi connectivity index (χ1v) is 17.0. The number of hydrogen-bond donors (Lipinski definition) is 1. The molecule has 0 aliphatic carbocycles. The van der Waals surface area contributed by atoms with Crippen LogP contribution >= 0.6 is 27.7 Å². The molecule has 1 spiro atoms. The summed E-state index contributed by atoms with van der Waals surface area (Å²) in [7, 11) is 0. The molecule has 3 saturated heterocycles. The monoisotopic (exact) mass is 659 g/mol. The van der Waals surface area contributed by atoms with Crippen molar-refractivity contribution in [1.82, 2.24) is 14.7 Å². The second kappa shape index (κ2) is 13.7. The van der Waals surface area contributed by atoms with Gasteiger partial charge in [-0.15, -0.1) is 24.9 Å². The molecule has 4 rings (SSSR count). The predicted molar refractivity (Wildman–Crippen MR) is 173 cm³/mol. The summed E-state index contributed by atoms with van der Waals surface area (Å²) in [5.41, 5.74) is 1.01. The smallest absolute Gasteiger partial charge is 0.247 e. The molecule has 3 heterocycles. The van der Waals surface area contributed by atoms with Crippen LogP contribution in [-0.4, -0.2) is 90.2 Å². The van der Waals surface area contributed by atoms with Gasteiger partial charge in [-0.25, -0.2) is 0 Å². The lowest BCUT2D eigenvalue weighted by molar-refractivity contribution is -0.148. The van der Waals surface area contributed by atoms with Gasteiger partial charge in [0.15, 0.2) is 0 Å². The fourth-order valence-corrected chi connectivity index (χ4v) is 11.0. The molecule has 0 aromatic heterocycles. The van der Waals surface area contributed by atoms with E-state index in [1.165, 1.54) is 0 Å². The fraction of sp³-hybridized carbons (Fsp3) is 0.606. The first kappa shape index (κ1) is 32.8. The number of benzene rings is 1. The maximum Gasteiger partial charge on any atom is 0.247 e. The van der Waals surface area contributed by atoms with Crippen LogP contribution in [0.3, 0.4) is 0 Å². The summed E-state index contributed by atoms with van der Waals surface area (Å²) in [6, 6.07) is 8.49. The van der Waals surface area contributed by atoms with E-state index in [0.29, 0.717) is 26.1 Å². The highest BCUT2D eigenvalue weighted by molar-refractivity contribution is 9.09. The SMILES string of the molecule is C=CCN(Cc1ccccc1)C(=O)[C@H]1[C@@H]2SC3(CC2Br)C(C(=O)N(CC=C)C(C)CCC)N([C@@H](CO)C(C)C)C(=O)[C@H]13. The number of carbonyl (C=O) groups excluding carboxylic acids is 3. The van der Waals surface area contributed by atoms with Gasteiger partial charge in [0.05, 0.1) is 29.2 Å². The fourth-order valence-electron chi connectivity index (χ4n) is 7.37. The number of carbonyl (C=O) groups is 3. The van der Waals surface area contributed by atoms with E-state index in [4.69, 9.17) is 0 Å². The molecule has 42 heavy (non-hydrogen) atoms. The van der Waals surface area contributed by atoms with Crippen molar-refractivity contribution in [3.8, 4) is 0 Å². The quantitative estimate of drug-likeness (QED) is 0.227. The van der Waals surface area contributed by atoms with Crippen LogP contribution in [0.5, 0.6) is 0 Å². The number of hydrogen-bond acceptors (Lipinski definition) is 5. The second-order valence-electron chi connectivity index (χ2n) is 12.3. The molecule has 3 aliphatic rings. The molecule has 230 valence electrons. The van der Waals surface area contributed by atoms with Gasteiger partial charge in [-0.3, -0.25) is 14.4 Å². The Kier molecular flexibility index (Phi) is 10.7. The molecule has 3 aliphatic heterocycles. The van der Waals surface area contributed by atoms with E-state index in [1.54, 1.807) is 33.7 Å². The van der Waals surface area contributed by atoms with Crippen LogP contribution in [-0.2, 0) is 20.9 Å². The third-order valence-corrected chi connectivity index (χ3v) is 12.5. The van der Waals surface area contributed by atoms with Crippen LogP contribution in [0.25, 0.3) is 0 Å². The summed E-state index contributed by atoms with van der Waals surface area (Å²) >= 11 is 5.52. The van der Waals surface area contributed by atoms with Gasteiger partial charge in [-0.1, -0.05) is 85.6 Å². The minimum atomic E-state index is -0.774. The summed E-state index contributed by atoms with van der Waals surface area (Å²) in [6.45, 7) is 16.8. The first-order valence-electron chi connectivity index (χ1n) is 15.2. The van der Waals surface area contributed by atoms with E-state index in [-0.39, 0.29) is 46.4 Å². The van der Waals surface area contributed by atoms with Gasteiger partial charge >= 0.3 is 0 Å². The number of fused-ring (bicyclic) bond motifs is 1. The summed E-state index contributed by atoms with van der Waals surface area (Å²) in [5, 5.41) is 10.4. The van der Waals surface area contributed by atoms with Crippen molar-refractivity contribution in [2.75, 3.05) is 19.7 Å². The average Bonchev–Trinajstić information content (AvgIpc) is 3.55. The topological polar surface area (TPSA) is 81.2 Å². The van der Waals surface area contributed by atoms with Crippen molar-refractivity contribution in [2.24, 2.45) is 17.8 Å². The molecule has 1 aromatic rings. The maximum absolute atomic E-state index is 14.7. The number of thioether (sulfide) groups is 1. The van der Waals surface area contributed by atoms with E-state index in [1.807, 2.05) is 56.0 Å². The molecule has 3 fully saturated rings. The van der Waals surface area contributed by atoms with Crippen molar-refractivity contribution < 1.29 is 19.5 Å². The van der Waals surface area contributed by atoms with Crippen molar-refractivity contribution >= 4 is 45.4 Å². The summed E-state index contributed by atoms with van der Waals surface area (Å²) < 4.78 is -0.770. The number of aliphatic hydroxyl groups excluding tert-OH is 1. The summed E-state index contributed by atoms with van der Waals surface area (Å²) in [4.78, 5) is 49.1. The van der Waals surface area contributed by atoms with E-state index in [0.717, 1.165) is 18.4 Å². The Morgan fingerprint density at radius 1 is 1.17 bits per heavy atom. The standard InChI is InChI=1S/C33H46BrN3O4S/c1-7-13-22(6)36(17-9-3)32(41)29-33-18-24(34)28(42-33)26(27(33)31(40)37(29)25(20-38)21(4)5)30(39)35(16-8-2)19-23-14-11-10-12-15-23/h8-12,14-15,21-22,24-29,38H,2-3,7,13,16-20H2,1,4-6H3/t22?,24?,25-,26+,27-,28+,29?,33?/m0/s1. The minimum Gasteiger partial charge on any atom is -0.394 e. The Morgan fingerprint density at radius 3 is 2.40 bits per heavy atom. The highest BCUT2D eigenvalue weighted by atomic mass is 79.9. The van der Waals surface area contributed by atoms with Gasteiger partial charge in [-0.05, 0) is 31.2 Å². The highest BCUT2D eigenvalue weighted by Gasteiger charge is 2.76. The van der Waals surface area contributed by atoms with Crippen LogP contribution in [0.15, 0.2) is 55.6 Å². The van der Waals surface area contributed by atoms with E-state index in [2.05, 4.69) is 36.0 Å². The molecule has 0 radical (unpaired) electrons. The van der Waals surface area contributed by atoms with E-state index < -0.39 is 28.7 Å². The van der Waals surface area contributed by atoms with Crippen LogP contribution in [0.4, 0.5) is 0 Å². The van der Waals surface area contributed by atoms with Gasteiger partial charge in [-0.2, -0.15) is 0 Å². The second-order valence-corrected chi connectivity index (χ2v) is 15.0. The number of halogens is 1. The van der Waals surface area contributed by atoms with Gasteiger partial charge in [0.1, 0.15) is 6.04 Å². The van der Waals surface area contributed by atoms with Crippen LogP contribution in [0.2, 0.25) is 0 Å². The molecule has 3 amide bonds. The molecule has 7 nitrogen and oxygen atoms in total. The lowest BCUT2D eigenvalue weighted by Gasteiger charge is -2.42. The lowest BCUT2D eigenvalue weighted by Crippen LogP contribution is -2.60. The van der Waals surface area contributed by atoms with Crippen molar-refractivity contribution in [3.05, 3.63) is 61.2 Å². The third kappa shape index (κ3) is 5.73. The molecular formula is C33H46BrN3O4S. The Hall–Kier alpha value is -2.10. The molecule has 1 N–H and O–H groups in total. The Bertz CT molecular complexity index is 1170. The zero-order valence-electron chi connectivity index (χ0n) is 25.3. The van der Waals surface area contributed by atoms with Gasteiger partial charge in [0.25, 0.3) is 0 Å². The van der Waals surface area contributed by atoms with Crippen molar-refractivity contribution in [3.63, 3.8) is 0 Å². The molecule has 4 unspecified atom stereocenters. The molecule has 0 saturated carbocycles. The zero-order valence-corrected chi connectivity index (χ0v) is 27.7. The van der Waals surface area contributed by atoms with Crippen molar-refractivity contribution in [1.29, 1.82) is 0 Å². The number of likely N-dealkylation sites (tertiary alicyclic amines) is 1. The normalized spacial score (nSPS) is 29.4. The van der Waals surface area contributed by atoms with Crippen molar-refractivity contribution in [2.45, 2.75) is 86.5 Å². The zero-order chi connectivity index (χ0) is 30.8. The highest BCUT2D eigenvalue weighted by Crippen LogP contribution is 2.68. The number of nitrogens with zero attached hydrogens (tertiary/aromatic N) is 3. The van der Waals surface area contributed by atoms with Gasteiger partial charge in [0.2, 0.25) is 17.7 Å². The Labute approximate surface area is 263 Å². The summed E-state index contributed by atoms with van der Waals surface area (Å²) in [6.07, 6.45) is 5.82. The predicted octanol–water partition coefficient (Wildman–Crippen LogP) is 4.89. The van der Waals surface area contributed by atoms with Gasteiger partial charge in [0, 0.05) is 35.8 Å². The molecule has 1 aromatic carbocycles. The van der Waals surface area contributed by atoms with Gasteiger partial charge < -0.3 is 19.8 Å². The van der Waals surface area contributed by atoms with Crippen LogP contribution in [0.1, 0.15) is 52.5 Å². The molecular weight excluding hydrogens is 614 g/mol. The molecule has 2 bridgehead atoms. The summed E-state index contributed by atoms with van der Waals surface area (Å²) in [5.74, 6) is -1.69. The first-order chi connectivity index (χ1) is 20.1. The Balaban J connectivity index is 1.80. The number of aliphatic hydroxyl groups is 1. The average molecular weight is 661 g/mol. The molecule has 8 atom stereocenters. The Morgan fingerprint density at radius 2 is 1.83 bits per heavy atom. The third-order valence-electron chi connectivity index (χ3n) is 9.28. The van der Waals surface area contributed by atoms with Crippen LogP contribution in [0, 0.1) is 17.8 Å². The largest absolute Gasteiger partial charge is 0.394 e. The number of rotatable bonds is 14. The van der Waals surface area contributed by atoms with E-state index >= 15 is 0 Å². The molecule has 9 heteroatoms. The number of amides is 3. The maximum atomic E-state index is 14.7.